The molecule has 0 fully saturated rings. The maximum absolute atomic E-state index is 14.3. The minimum atomic E-state index is -1.78. The van der Waals surface area contributed by atoms with Gasteiger partial charge in [0.05, 0.1) is 18.0 Å². The smallest absolute Gasteiger partial charge is 0.349 e. The molecule has 0 radical (unpaired) electrons. The van der Waals surface area contributed by atoms with Crippen LogP contribution in [0.15, 0.2) is 72.8 Å². The summed E-state index contributed by atoms with van der Waals surface area (Å²) >= 11 is 6.09. The molecule has 3 aromatic rings. The number of fused-ring (bicyclic) bond motifs is 1. The number of ether oxygens (including phenoxy) is 1. The van der Waals surface area contributed by atoms with Gasteiger partial charge in [-0.25, -0.2) is 9.18 Å². The second kappa shape index (κ2) is 8.29. The fourth-order valence-electron chi connectivity index (χ4n) is 3.89. The molecule has 1 N–H and O–H groups in total. The SMILES string of the molecule is CCOC(=O)C1(C#N)Nc2ccc(F)cc2N(c2ccc(Cl)cc2)C1c1ccccc1. The molecule has 31 heavy (non-hydrogen) atoms. The molecule has 0 spiro atoms. The van der Waals surface area contributed by atoms with Gasteiger partial charge in [0.25, 0.3) is 0 Å². The van der Waals surface area contributed by atoms with Crippen LogP contribution in [0.1, 0.15) is 18.5 Å². The van der Waals surface area contributed by atoms with E-state index in [1.54, 1.807) is 36.1 Å². The van der Waals surface area contributed by atoms with E-state index in [0.29, 0.717) is 27.6 Å². The zero-order chi connectivity index (χ0) is 22.0. The first-order valence-electron chi connectivity index (χ1n) is 9.76. The van der Waals surface area contributed by atoms with Gasteiger partial charge >= 0.3 is 5.97 Å². The van der Waals surface area contributed by atoms with Crippen LogP contribution >= 0.6 is 11.6 Å². The maximum atomic E-state index is 14.3. The fourth-order valence-corrected chi connectivity index (χ4v) is 4.02. The van der Waals surface area contributed by atoms with E-state index >= 15 is 0 Å². The highest BCUT2D eigenvalue weighted by molar-refractivity contribution is 6.30. The number of rotatable bonds is 4. The summed E-state index contributed by atoms with van der Waals surface area (Å²) in [5, 5.41) is 13.9. The number of nitrogens with one attached hydrogen (secondary N) is 1. The predicted molar refractivity (Wildman–Crippen MR) is 118 cm³/mol. The van der Waals surface area contributed by atoms with Crippen LogP contribution in [0.4, 0.5) is 21.5 Å². The molecule has 0 aliphatic carbocycles. The van der Waals surface area contributed by atoms with Crippen LogP contribution in [0.3, 0.4) is 0 Å². The van der Waals surface area contributed by atoms with Crippen molar-refractivity contribution in [3.8, 4) is 6.07 Å². The number of hydrogen-bond acceptors (Lipinski definition) is 5. The Morgan fingerprint density at radius 1 is 1.19 bits per heavy atom. The van der Waals surface area contributed by atoms with Crippen LogP contribution in [0.25, 0.3) is 0 Å². The van der Waals surface area contributed by atoms with E-state index < -0.39 is 23.4 Å². The zero-order valence-corrected chi connectivity index (χ0v) is 17.4. The second-order valence-corrected chi connectivity index (χ2v) is 7.52. The van der Waals surface area contributed by atoms with E-state index in [2.05, 4.69) is 11.4 Å². The number of anilines is 3. The summed E-state index contributed by atoms with van der Waals surface area (Å²) in [6, 6.07) is 21.6. The number of esters is 1. The molecule has 1 heterocycles. The number of nitrogens with zero attached hydrogens (tertiary/aromatic N) is 2. The van der Waals surface area contributed by atoms with E-state index in [1.807, 2.05) is 30.3 Å². The molecular weight excluding hydrogens is 417 g/mol. The molecule has 4 rings (SSSR count). The summed E-state index contributed by atoms with van der Waals surface area (Å²) in [5.41, 5.74) is 0.497. The first kappa shape index (κ1) is 20.7. The molecule has 3 aromatic carbocycles. The molecule has 156 valence electrons. The molecule has 0 bridgehead atoms. The van der Waals surface area contributed by atoms with Gasteiger partial charge in [-0.05, 0) is 55.0 Å². The van der Waals surface area contributed by atoms with Crippen molar-refractivity contribution in [3.63, 3.8) is 0 Å². The highest BCUT2D eigenvalue weighted by Crippen LogP contribution is 2.50. The second-order valence-electron chi connectivity index (χ2n) is 7.09. The highest BCUT2D eigenvalue weighted by Gasteiger charge is 2.55. The number of nitriles is 1. The van der Waals surface area contributed by atoms with Crippen molar-refractivity contribution >= 4 is 34.6 Å². The molecule has 1 aliphatic heterocycles. The van der Waals surface area contributed by atoms with Crippen molar-refractivity contribution in [2.75, 3.05) is 16.8 Å². The van der Waals surface area contributed by atoms with E-state index in [1.165, 1.54) is 18.2 Å². The maximum Gasteiger partial charge on any atom is 0.349 e. The van der Waals surface area contributed by atoms with Gasteiger partial charge in [-0.2, -0.15) is 5.26 Å². The number of carbonyl (C=O) groups is 1. The average Bonchev–Trinajstić information content (AvgIpc) is 2.79. The van der Waals surface area contributed by atoms with Crippen molar-refractivity contribution in [2.45, 2.75) is 18.5 Å². The Kier molecular flexibility index (Phi) is 5.53. The van der Waals surface area contributed by atoms with E-state index in [-0.39, 0.29) is 6.61 Å². The fraction of sp³-hybridized carbons (Fsp3) is 0.167. The lowest BCUT2D eigenvalue weighted by atomic mass is 9.81. The monoisotopic (exact) mass is 435 g/mol. The Morgan fingerprint density at radius 3 is 2.55 bits per heavy atom. The zero-order valence-electron chi connectivity index (χ0n) is 16.7. The van der Waals surface area contributed by atoms with E-state index in [9.17, 15) is 14.4 Å². The third-order valence-electron chi connectivity index (χ3n) is 5.21. The minimum Gasteiger partial charge on any atom is -0.463 e. The van der Waals surface area contributed by atoms with Crippen LogP contribution < -0.4 is 10.2 Å². The van der Waals surface area contributed by atoms with Gasteiger partial charge in [0.15, 0.2) is 0 Å². The Balaban J connectivity index is 2.04. The van der Waals surface area contributed by atoms with Crippen LogP contribution in [-0.2, 0) is 9.53 Å². The number of hydrogen-bond donors (Lipinski definition) is 1. The lowest BCUT2D eigenvalue weighted by molar-refractivity contribution is -0.147. The van der Waals surface area contributed by atoms with Gasteiger partial charge in [-0.15, -0.1) is 0 Å². The van der Waals surface area contributed by atoms with Gasteiger partial charge < -0.3 is 15.0 Å². The van der Waals surface area contributed by atoms with Crippen molar-refractivity contribution < 1.29 is 13.9 Å². The minimum absolute atomic E-state index is 0.114. The summed E-state index contributed by atoms with van der Waals surface area (Å²) < 4.78 is 19.6. The summed E-state index contributed by atoms with van der Waals surface area (Å²) in [7, 11) is 0. The standard InChI is InChI=1S/C24H19ClFN3O2/c1-2-31-23(30)24(15-27)22(16-6-4-3-5-7-16)29(19-11-8-17(25)9-12-19)21-14-18(26)10-13-20(21)28-24/h3-14,22,28H,2H2,1H3. The van der Waals surface area contributed by atoms with Gasteiger partial charge in [-0.3, -0.25) is 0 Å². The quantitative estimate of drug-likeness (QED) is 0.539. The van der Waals surface area contributed by atoms with E-state index in [4.69, 9.17) is 16.3 Å². The first-order chi connectivity index (χ1) is 15.0. The first-order valence-corrected chi connectivity index (χ1v) is 10.1. The molecule has 0 amide bonds. The number of benzene rings is 3. The lowest BCUT2D eigenvalue weighted by Crippen LogP contribution is -2.58. The van der Waals surface area contributed by atoms with E-state index in [0.717, 1.165) is 0 Å². The van der Waals surface area contributed by atoms with Crippen molar-refractivity contribution in [3.05, 3.63) is 89.2 Å². The molecule has 2 atom stereocenters. The molecule has 5 nitrogen and oxygen atoms in total. The molecule has 7 heteroatoms. The van der Waals surface area contributed by atoms with Crippen LogP contribution in [0.5, 0.6) is 0 Å². The van der Waals surface area contributed by atoms with Crippen LogP contribution in [0.2, 0.25) is 5.02 Å². The Morgan fingerprint density at radius 2 is 1.90 bits per heavy atom. The molecule has 0 aromatic heterocycles. The summed E-state index contributed by atoms with van der Waals surface area (Å²) in [6.07, 6.45) is 0. The predicted octanol–water partition coefficient (Wildman–Crippen LogP) is 5.61. The Bertz CT molecular complexity index is 1150. The van der Waals surface area contributed by atoms with Crippen LogP contribution in [0, 0.1) is 17.1 Å². The average molecular weight is 436 g/mol. The van der Waals surface area contributed by atoms with Crippen molar-refractivity contribution in [1.29, 1.82) is 5.26 Å². The van der Waals surface area contributed by atoms with Gasteiger partial charge in [0.1, 0.15) is 17.9 Å². The number of carbonyl (C=O) groups excluding carboxylic acids is 1. The van der Waals surface area contributed by atoms with Crippen molar-refractivity contribution in [1.82, 2.24) is 0 Å². The van der Waals surface area contributed by atoms with Gasteiger partial charge in [0, 0.05) is 10.7 Å². The topological polar surface area (TPSA) is 65.4 Å². The van der Waals surface area contributed by atoms with Crippen molar-refractivity contribution in [2.24, 2.45) is 0 Å². The largest absolute Gasteiger partial charge is 0.463 e. The van der Waals surface area contributed by atoms with Gasteiger partial charge in [0.2, 0.25) is 5.54 Å². The Hall–Kier alpha value is -3.56. The molecule has 0 saturated heterocycles. The summed E-state index contributed by atoms with van der Waals surface area (Å²) in [4.78, 5) is 15.0. The molecule has 1 aliphatic rings. The van der Waals surface area contributed by atoms with Crippen LogP contribution in [-0.4, -0.2) is 18.1 Å². The van der Waals surface area contributed by atoms with Gasteiger partial charge in [-0.1, -0.05) is 41.9 Å². The molecular formula is C24H19ClFN3O2. The molecule has 2 unspecified atom stereocenters. The lowest BCUT2D eigenvalue weighted by Gasteiger charge is -2.47. The summed E-state index contributed by atoms with van der Waals surface area (Å²) in [6.45, 7) is 1.80. The number of halogens is 2. The summed E-state index contributed by atoms with van der Waals surface area (Å²) in [5.74, 6) is -1.15. The molecule has 0 saturated carbocycles. The highest BCUT2D eigenvalue weighted by atomic mass is 35.5. The normalized spacial score (nSPS) is 19.7. The Labute approximate surface area is 184 Å². The third kappa shape index (κ3) is 3.58. The third-order valence-corrected chi connectivity index (χ3v) is 5.47.